The molecule has 0 fully saturated rings. The van der Waals surface area contributed by atoms with E-state index in [0.29, 0.717) is 24.8 Å². The zero-order valence-corrected chi connectivity index (χ0v) is 11.2. The number of nitrogen functional groups attached to an aromatic ring is 1. The molecule has 0 aliphatic carbocycles. The van der Waals surface area contributed by atoms with Crippen LogP contribution in [0.15, 0.2) is 12.3 Å². The number of anilines is 1. The minimum atomic E-state index is -0.528. The lowest BCUT2D eigenvalue weighted by atomic mass is 10.3. The molecular formula is C12H21N3O3. The first-order valence-corrected chi connectivity index (χ1v) is 5.93. The van der Waals surface area contributed by atoms with Crippen molar-refractivity contribution in [2.75, 3.05) is 26.1 Å². The van der Waals surface area contributed by atoms with Gasteiger partial charge in [0.1, 0.15) is 0 Å². The van der Waals surface area contributed by atoms with Gasteiger partial charge in [-0.25, -0.2) is 0 Å². The average Bonchev–Trinajstić information content (AvgIpc) is 2.34. The van der Waals surface area contributed by atoms with Crippen LogP contribution in [0.1, 0.15) is 26.7 Å². The molecule has 0 atom stereocenters. The summed E-state index contributed by atoms with van der Waals surface area (Å²) in [7, 11) is 1.63. The van der Waals surface area contributed by atoms with Gasteiger partial charge in [-0.15, -0.1) is 5.10 Å². The van der Waals surface area contributed by atoms with Gasteiger partial charge in [0.25, 0.3) is 0 Å². The van der Waals surface area contributed by atoms with Crippen molar-refractivity contribution in [2.24, 2.45) is 0 Å². The van der Waals surface area contributed by atoms with Crippen LogP contribution in [0.3, 0.4) is 0 Å². The highest BCUT2D eigenvalue weighted by atomic mass is 16.7. The largest absolute Gasteiger partial charge is 0.477 e. The molecule has 1 aromatic heterocycles. The van der Waals surface area contributed by atoms with Crippen LogP contribution in [0.5, 0.6) is 5.88 Å². The van der Waals surface area contributed by atoms with Crippen molar-refractivity contribution in [1.82, 2.24) is 10.2 Å². The summed E-state index contributed by atoms with van der Waals surface area (Å²) in [5.41, 5.74) is 6.10. The molecule has 2 N–H and O–H groups in total. The number of nitrogens with two attached hydrogens (primary N) is 1. The van der Waals surface area contributed by atoms with Gasteiger partial charge in [-0.05, 0) is 26.7 Å². The van der Waals surface area contributed by atoms with Gasteiger partial charge in [-0.3, -0.25) is 0 Å². The van der Waals surface area contributed by atoms with Gasteiger partial charge in [0, 0.05) is 13.2 Å². The second kappa shape index (κ2) is 7.13. The number of ether oxygens (including phenoxy) is 3. The number of aromatic nitrogens is 2. The van der Waals surface area contributed by atoms with Crippen molar-refractivity contribution in [2.45, 2.75) is 32.5 Å². The predicted molar refractivity (Wildman–Crippen MR) is 68.2 cm³/mol. The molecule has 6 nitrogen and oxygen atoms in total. The topological polar surface area (TPSA) is 79.5 Å². The molecule has 18 heavy (non-hydrogen) atoms. The summed E-state index contributed by atoms with van der Waals surface area (Å²) in [6.07, 6.45) is 3.24. The third-order valence-corrected chi connectivity index (χ3v) is 2.38. The predicted octanol–water partition coefficient (Wildman–Crippen LogP) is 1.62. The van der Waals surface area contributed by atoms with E-state index in [2.05, 4.69) is 10.2 Å². The van der Waals surface area contributed by atoms with Gasteiger partial charge in [0.15, 0.2) is 5.79 Å². The minimum absolute atomic E-state index is 0.452. The molecule has 1 rings (SSSR count). The Labute approximate surface area is 107 Å². The zero-order chi connectivity index (χ0) is 13.4. The lowest BCUT2D eigenvalue weighted by molar-refractivity contribution is -0.197. The Kier molecular flexibility index (Phi) is 5.80. The van der Waals surface area contributed by atoms with Crippen molar-refractivity contribution < 1.29 is 14.2 Å². The van der Waals surface area contributed by atoms with Crippen LogP contribution in [0.4, 0.5) is 5.69 Å². The Hall–Kier alpha value is -1.40. The fraction of sp³-hybridized carbons (Fsp3) is 0.667. The molecule has 0 saturated heterocycles. The van der Waals surface area contributed by atoms with Crippen LogP contribution in [0.2, 0.25) is 0 Å². The quantitative estimate of drug-likeness (QED) is 0.561. The molecule has 1 aromatic rings. The van der Waals surface area contributed by atoms with E-state index in [-0.39, 0.29) is 0 Å². The Morgan fingerprint density at radius 2 is 2.00 bits per heavy atom. The number of nitrogens with zero attached hydrogens (tertiary/aromatic N) is 2. The molecule has 0 unspecified atom stereocenters. The normalized spacial score (nSPS) is 11.5. The van der Waals surface area contributed by atoms with E-state index in [1.54, 1.807) is 13.2 Å². The highest BCUT2D eigenvalue weighted by Gasteiger charge is 2.15. The third kappa shape index (κ3) is 5.79. The standard InChI is InChI=1S/C12H21N3O3/c1-12(2,16-3)18-7-5-4-6-17-11-8-10(13)9-14-15-11/h8-9H,4-7H2,1-3H3,(H2,13,15). The highest BCUT2D eigenvalue weighted by molar-refractivity contribution is 5.36. The van der Waals surface area contributed by atoms with E-state index < -0.39 is 5.79 Å². The van der Waals surface area contributed by atoms with Gasteiger partial charge in [0.2, 0.25) is 5.88 Å². The first kappa shape index (κ1) is 14.7. The number of unbranched alkanes of at least 4 members (excludes halogenated alkanes) is 1. The molecule has 102 valence electrons. The Bertz CT molecular complexity index is 358. The fourth-order valence-electron chi connectivity index (χ4n) is 1.19. The molecule has 0 radical (unpaired) electrons. The maximum Gasteiger partial charge on any atom is 0.235 e. The van der Waals surface area contributed by atoms with Gasteiger partial charge >= 0.3 is 0 Å². The Morgan fingerprint density at radius 1 is 1.28 bits per heavy atom. The van der Waals surface area contributed by atoms with E-state index in [4.69, 9.17) is 19.9 Å². The van der Waals surface area contributed by atoms with E-state index in [1.807, 2.05) is 13.8 Å². The molecule has 0 spiro atoms. The Balaban J connectivity index is 2.09. The maximum absolute atomic E-state index is 5.56. The third-order valence-electron chi connectivity index (χ3n) is 2.38. The highest BCUT2D eigenvalue weighted by Crippen LogP contribution is 2.11. The lowest BCUT2D eigenvalue weighted by Crippen LogP contribution is -2.27. The SMILES string of the molecule is COC(C)(C)OCCCCOc1cc(N)cnn1. The summed E-state index contributed by atoms with van der Waals surface area (Å²) in [6.45, 7) is 4.96. The molecule has 0 bridgehead atoms. The van der Waals surface area contributed by atoms with E-state index in [9.17, 15) is 0 Å². The average molecular weight is 255 g/mol. The van der Waals surface area contributed by atoms with Crippen molar-refractivity contribution in [3.8, 4) is 5.88 Å². The molecule has 0 aromatic carbocycles. The molecule has 0 amide bonds. The summed E-state index contributed by atoms with van der Waals surface area (Å²) in [5.74, 6) is -0.0756. The zero-order valence-electron chi connectivity index (χ0n) is 11.2. The first-order chi connectivity index (χ1) is 8.53. The summed E-state index contributed by atoms with van der Waals surface area (Å²) in [6, 6.07) is 1.65. The summed E-state index contributed by atoms with van der Waals surface area (Å²) < 4.78 is 16.1. The van der Waals surface area contributed by atoms with Crippen LogP contribution in [0.25, 0.3) is 0 Å². The van der Waals surface area contributed by atoms with Gasteiger partial charge in [-0.2, -0.15) is 5.10 Å². The van der Waals surface area contributed by atoms with Crippen LogP contribution >= 0.6 is 0 Å². The van der Waals surface area contributed by atoms with Crippen LogP contribution in [-0.4, -0.2) is 36.3 Å². The summed E-state index contributed by atoms with van der Waals surface area (Å²) in [4.78, 5) is 0. The molecule has 1 heterocycles. The smallest absolute Gasteiger partial charge is 0.235 e. The maximum atomic E-state index is 5.56. The van der Waals surface area contributed by atoms with Crippen molar-refractivity contribution >= 4 is 5.69 Å². The number of rotatable bonds is 8. The number of hydrogen-bond donors (Lipinski definition) is 1. The molecule has 0 saturated carbocycles. The number of methoxy groups -OCH3 is 1. The second-order valence-electron chi connectivity index (χ2n) is 4.34. The summed E-state index contributed by atoms with van der Waals surface area (Å²) >= 11 is 0. The van der Waals surface area contributed by atoms with Gasteiger partial charge in [-0.1, -0.05) is 0 Å². The molecule has 6 heteroatoms. The summed E-state index contributed by atoms with van der Waals surface area (Å²) in [5, 5.41) is 7.51. The van der Waals surface area contributed by atoms with Gasteiger partial charge in [0.05, 0.1) is 25.1 Å². The van der Waals surface area contributed by atoms with Crippen molar-refractivity contribution in [3.05, 3.63) is 12.3 Å². The first-order valence-electron chi connectivity index (χ1n) is 5.93. The molecular weight excluding hydrogens is 234 g/mol. The van der Waals surface area contributed by atoms with E-state index in [1.165, 1.54) is 6.20 Å². The van der Waals surface area contributed by atoms with Crippen LogP contribution in [-0.2, 0) is 9.47 Å². The lowest BCUT2D eigenvalue weighted by Gasteiger charge is -2.23. The fourth-order valence-corrected chi connectivity index (χ4v) is 1.19. The van der Waals surface area contributed by atoms with E-state index in [0.717, 1.165) is 12.8 Å². The molecule has 0 aliphatic heterocycles. The Morgan fingerprint density at radius 3 is 2.67 bits per heavy atom. The van der Waals surface area contributed by atoms with Gasteiger partial charge < -0.3 is 19.9 Å². The molecule has 0 aliphatic rings. The minimum Gasteiger partial charge on any atom is -0.477 e. The van der Waals surface area contributed by atoms with Crippen LogP contribution in [0, 0.1) is 0 Å². The van der Waals surface area contributed by atoms with Crippen LogP contribution < -0.4 is 10.5 Å². The second-order valence-corrected chi connectivity index (χ2v) is 4.34. The number of hydrogen-bond acceptors (Lipinski definition) is 6. The van der Waals surface area contributed by atoms with Crippen molar-refractivity contribution in [1.29, 1.82) is 0 Å². The van der Waals surface area contributed by atoms with E-state index >= 15 is 0 Å². The van der Waals surface area contributed by atoms with Crippen molar-refractivity contribution in [3.63, 3.8) is 0 Å². The monoisotopic (exact) mass is 255 g/mol.